The number of piperidine rings is 1. The Bertz CT molecular complexity index is 748. The molecule has 0 saturated carbocycles. The van der Waals surface area contributed by atoms with Gasteiger partial charge in [0, 0.05) is 18.4 Å². The van der Waals surface area contributed by atoms with E-state index in [0.29, 0.717) is 5.56 Å². The fraction of sp³-hybridized carbons (Fsp3) is 0.421. The highest BCUT2D eigenvalue weighted by Gasteiger charge is 2.12. The summed E-state index contributed by atoms with van der Waals surface area (Å²) in [6.45, 7) is 3.51. The van der Waals surface area contributed by atoms with Gasteiger partial charge in [-0.25, -0.2) is 0 Å². The standard InChI is InChI=1S/C19H24N4O3/c24-18(25)8-11-23-14-16(12-20-23)19(26)21-17-6-4-15(5-7-17)13-22-9-2-1-3-10-22/h4-7,12,14H,1-3,8-11,13H2,(H,21,26)(H,24,25). The zero-order valence-electron chi connectivity index (χ0n) is 14.7. The van der Waals surface area contributed by atoms with Crippen LogP contribution in [0.1, 0.15) is 41.6 Å². The van der Waals surface area contributed by atoms with E-state index in [1.54, 1.807) is 6.20 Å². The summed E-state index contributed by atoms with van der Waals surface area (Å²) in [5, 5.41) is 15.6. The van der Waals surface area contributed by atoms with E-state index in [-0.39, 0.29) is 18.9 Å². The van der Waals surface area contributed by atoms with Crippen molar-refractivity contribution in [2.45, 2.75) is 38.8 Å². The van der Waals surface area contributed by atoms with E-state index >= 15 is 0 Å². The van der Waals surface area contributed by atoms with E-state index in [4.69, 9.17) is 5.11 Å². The number of hydrogen-bond donors (Lipinski definition) is 2. The molecule has 0 aliphatic carbocycles. The molecule has 0 spiro atoms. The number of nitrogens with zero attached hydrogens (tertiary/aromatic N) is 3. The summed E-state index contributed by atoms with van der Waals surface area (Å²) in [6.07, 6.45) is 6.85. The van der Waals surface area contributed by atoms with Crippen LogP contribution in [-0.4, -0.2) is 44.8 Å². The average Bonchev–Trinajstić information content (AvgIpc) is 3.12. The van der Waals surface area contributed by atoms with Crippen LogP contribution in [0.2, 0.25) is 0 Å². The first-order chi connectivity index (χ1) is 12.6. The molecule has 1 aromatic carbocycles. The molecule has 0 atom stereocenters. The predicted octanol–water partition coefficient (Wildman–Crippen LogP) is 2.60. The van der Waals surface area contributed by atoms with E-state index in [0.717, 1.165) is 25.3 Å². The van der Waals surface area contributed by atoms with Crippen molar-refractivity contribution >= 4 is 17.6 Å². The Morgan fingerprint density at radius 2 is 1.85 bits per heavy atom. The van der Waals surface area contributed by atoms with Crippen LogP contribution in [0.15, 0.2) is 36.7 Å². The highest BCUT2D eigenvalue weighted by atomic mass is 16.4. The Labute approximate surface area is 152 Å². The molecule has 1 saturated heterocycles. The largest absolute Gasteiger partial charge is 0.481 e. The number of carbonyl (C=O) groups excluding carboxylic acids is 1. The summed E-state index contributed by atoms with van der Waals surface area (Å²) in [5.74, 6) is -1.15. The molecule has 1 aliphatic rings. The summed E-state index contributed by atoms with van der Waals surface area (Å²) >= 11 is 0. The molecule has 7 nitrogen and oxygen atoms in total. The fourth-order valence-electron chi connectivity index (χ4n) is 3.09. The number of rotatable bonds is 7. The van der Waals surface area contributed by atoms with Gasteiger partial charge in [-0.2, -0.15) is 5.10 Å². The van der Waals surface area contributed by atoms with Crippen LogP contribution in [0.5, 0.6) is 0 Å². The number of likely N-dealkylation sites (tertiary alicyclic amines) is 1. The molecule has 2 N–H and O–H groups in total. The normalized spacial score (nSPS) is 14.9. The van der Waals surface area contributed by atoms with Crippen molar-refractivity contribution in [1.82, 2.24) is 14.7 Å². The summed E-state index contributed by atoms with van der Waals surface area (Å²) in [7, 11) is 0. The number of aryl methyl sites for hydroxylation is 1. The molecule has 1 aromatic heterocycles. The van der Waals surface area contributed by atoms with Gasteiger partial charge in [-0.1, -0.05) is 18.6 Å². The van der Waals surface area contributed by atoms with Crippen molar-refractivity contribution in [1.29, 1.82) is 0 Å². The van der Waals surface area contributed by atoms with Crippen molar-refractivity contribution in [2.24, 2.45) is 0 Å². The molecule has 7 heteroatoms. The first kappa shape index (κ1) is 18.1. The second-order valence-electron chi connectivity index (χ2n) is 6.62. The summed E-state index contributed by atoms with van der Waals surface area (Å²) < 4.78 is 1.46. The highest BCUT2D eigenvalue weighted by molar-refractivity contribution is 6.03. The van der Waals surface area contributed by atoms with Gasteiger partial charge >= 0.3 is 5.97 Å². The van der Waals surface area contributed by atoms with Gasteiger partial charge in [-0.15, -0.1) is 0 Å². The van der Waals surface area contributed by atoms with Crippen LogP contribution >= 0.6 is 0 Å². The maximum Gasteiger partial charge on any atom is 0.305 e. The van der Waals surface area contributed by atoms with Gasteiger partial charge in [0.1, 0.15) is 0 Å². The highest BCUT2D eigenvalue weighted by Crippen LogP contribution is 2.16. The lowest BCUT2D eigenvalue weighted by Gasteiger charge is -2.26. The maximum absolute atomic E-state index is 12.3. The third-order valence-corrected chi connectivity index (χ3v) is 4.52. The van der Waals surface area contributed by atoms with Crippen molar-refractivity contribution in [3.05, 3.63) is 47.8 Å². The number of anilines is 1. The predicted molar refractivity (Wildman–Crippen MR) is 98.0 cm³/mol. The van der Waals surface area contributed by atoms with Crippen LogP contribution in [-0.2, 0) is 17.9 Å². The zero-order valence-corrected chi connectivity index (χ0v) is 14.7. The SMILES string of the molecule is O=C(O)CCn1cc(C(=O)Nc2ccc(CN3CCCCC3)cc2)cn1. The number of carbonyl (C=O) groups is 2. The molecule has 0 unspecified atom stereocenters. The van der Waals surface area contributed by atoms with Crippen molar-refractivity contribution in [3.8, 4) is 0 Å². The molecular formula is C19H24N4O3. The van der Waals surface area contributed by atoms with Gasteiger partial charge in [0.05, 0.1) is 24.7 Å². The van der Waals surface area contributed by atoms with E-state index in [9.17, 15) is 9.59 Å². The quantitative estimate of drug-likeness (QED) is 0.796. The minimum absolute atomic E-state index is 0.0266. The molecule has 2 aromatic rings. The lowest BCUT2D eigenvalue weighted by atomic mass is 10.1. The third kappa shape index (κ3) is 5.16. The lowest BCUT2D eigenvalue weighted by Crippen LogP contribution is -2.29. The number of aromatic nitrogens is 2. The van der Waals surface area contributed by atoms with Crippen LogP contribution in [0.3, 0.4) is 0 Å². The maximum atomic E-state index is 12.3. The first-order valence-corrected chi connectivity index (χ1v) is 8.97. The molecule has 1 fully saturated rings. The van der Waals surface area contributed by atoms with Gasteiger partial charge < -0.3 is 10.4 Å². The number of aliphatic carboxylic acids is 1. The smallest absolute Gasteiger partial charge is 0.305 e. The van der Waals surface area contributed by atoms with Gasteiger partial charge in [0.15, 0.2) is 0 Å². The van der Waals surface area contributed by atoms with Crippen LogP contribution < -0.4 is 5.32 Å². The minimum atomic E-state index is -0.892. The lowest BCUT2D eigenvalue weighted by molar-refractivity contribution is -0.137. The molecule has 0 radical (unpaired) electrons. The number of benzene rings is 1. The molecule has 3 rings (SSSR count). The van der Waals surface area contributed by atoms with E-state index in [2.05, 4.69) is 15.3 Å². The Kier molecular flexibility index (Phi) is 6.01. The molecule has 26 heavy (non-hydrogen) atoms. The van der Waals surface area contributed by atoms with Gasteiger partial charge in [-0.3, -0.25) is 19.2 Å². The number of carboxylic acids is 1. The Morgan fingerprint density at radius 3 is 2.54 bits per heavy atom. The minimum Gasteiger partial charge on any atom is -0.481 e. The second-order valence-corrected chi connectivity index (χ2v) is 6.62. The Hall–Kier alpha value is -2.67. The number of amides is 1. The van der Waals surface area contributed by atoms with Gasteiger partial charge in [-0.05, 0) is 43.6 Å². The molecular weight excluding hydrogens is 332 g/mol. The first-order valence-electron chi connectivity index (χ1n) is 8.97. The van der Waals surface area contributed by atoms with E-state index in [1.165, 1.54) is 35.7 Å². The van der Waals surface area contributed by atoms with Gasteiger partial charge in [0.2, 0.25) is 0 Å². The van der Waals surface area contributed by atoms with Crippen LogP contribution in [0.25, 0.3) is 0 Å². The Morgan fingerprint density at radius 1 is 1.12 bits per heavy atom. The topological polar surface area (TPSA) is 87.5 Å². The summed E-state index contributed by atoms with van der Waals surface area (Å²) in [4.78, 5) is 25.3. The molecule has 0 bridgehead atoms. The van der Waals surface area contributed by atoms with Crippen LogP contribution in [0, 0.1) is 0 Å². The summed E-state index contributed by atoms with van der Waals surface area (Å²) in [5.41, 5.74) is 2.38. The molecule has 2 heterocycles. The van der Waals surface area contributed by atoms with Crippen molar-refractivity contribution < 1.29 is 14.7 Å². The van der Waals surface area contributed by atoms with Crippen molar-refractivity contribution in [2.75, 3.05) is 18.4 Å². The number of nitrogens with one attached hydrogen (secondary N) is 1. The van der Waals surface area contributed by atoms with E-state index < -0.39 is 5.97 Å². The second kappa shape index (κ2) is 8.62. The average molecular weight is 356 g/mol. The molecule has 1 aliphatic heterocycles. The molecule has 138 valence electrons. The monoisotopic (exact) mass is 356 g/mol. The third-order valence-electron chi connectivity index (χ3n) is 4.52. The zero-order chi connectivity index (χ0) is 18.4. The summed E-state index contributed by atoms with van der Waals surface area (Å²) in [6, 6.07) is 7.90. The molecule has 1 amide bonds. The van der Waals surface area contributed by atoms with Crippen molar-refractivity contribution in [3.63, 3.8) is 0 Å². The van der Waals surface area contributed by atoms with E-state index in [1.807, 2.05) is 24.3 Å². The van der Waals surface area contributed by atoms with Crippen LogP contribution in [0.4, 0.5) is 5.69 Å². The fourth-order valence-corrected chi connectivity index (χ4v) is 3.09. The number of hydrogen-bond acceptors (Lipinski definition) is 4. The van der Waals surface area contributed by atoms with Gasteiger partial charge in [0.25, 0.3) is 5.91 Å². The number of carboxylic acid groups (broad SMARTS) is 1. The Balaban J connectivity index is 1.53.